The summed E-state index contributed by atoms with van der Waals surface area (Å²) in [6, 6.07) is 8.46. The smallest absolute Gasteiger partial charge is 0.0441 e. The van der Waals surface area contributed by atoms with Gasteiger partial charge in [-0.15, -0.1) is 0 Å². The van der Waals surface area contributed by atoms with Gasteiger partial charge in [-0.1, -0.05) is 56.0 Å². The molecule has 2 fully saturated rings. The summed E-state index contributed by atoms with van der Waals surface area (Å²) in [4.78, 5) is 0. The minimum atomic E-state index is 0.481. The van der Waals surface area contributed by atoms with Gasteiger partial charge in [0.1, 0.15) is 0 Å². The molecule has 1 aromatic rings. The van der Waals surface area contributed by atoms with E-state index >= 15 is 0 Å². The van der Waals surface area contributed by atoms with Crippen molar-refractivity contribution < 1.29 is 0 Å². The van der Waals surface area contributed by atoms with Gasteiger partial charge in [0.2, 0.25) is 0 Å². The maximum absolute atomic E-state index is 6.48. The molecule has 3 atom stereocenters. The van der Waals surface area contributed by atoms with Crippen LogP contribution < -0.4 is 5.32 Å². The van der Waals surface area contributed by atoms with Crippen molar-refractivity contribution in [1.82, 2.24) is 5.32 Å². The molecular weight excluding hydrogens is 254 g/mol. The Kier molecular flexibility index (Phi) is 3.86. The van der Waals surface area contributed by atoms with Crippen molar-refractivity contribution in [2.24, 2.45) is 11.3 Å². The van der Waals surface area contributed by atoms with Crippen LogP contribution >= 0.6 is 11.6 Å². The van der Waals surface area contributed by atoms with Gasteiger partial charge in [-0.3, -0.25) is 0 Å². The lowest BCUT2D eigenvalue weighted by Crippen LogP contribution is -2.48. The third-order valence-electron chi connectivity index (χ3n) is 5.60. The summed E-state index contributed by atoms with van der Waals surface area (Å²) in [5.74, 6) is 1.41. The van der Waals surface area contributed by atoms with Crippen LogP contribution in [0.5, 0.6) is 0 Å². The SMILES string of the molecule is CC1CCCCC12CCNCC2c1ccccc1Cl. The quantitative estimate of drug-likeness (QED) is 0.790. The molecule has 1 spiro atoms. The van der Waals surface area contributed by atoms with Crippen LogP contribution in [0.15, 0.2) is 24.3 Å². The first-order chi connectivity index (χ1) is 9.24. The van der Waals surface area contributed by atoms with Gasteiger partial charge in [0.05, 0.1) is 0 Å². The van der Waals surface area contributed by atoms with Crippen molar-refractivity contribution in [2.75, 3.05) is 13.1 Å². The zero-order valence-corrected chi connectivity index (χ0v) is 12.5. The normalized spacial score (nSPS) is 35.5. The summed E-state index contributed by atoms with van der Waals surface area (Å²) < 4.78 is 0. The van der Waals surface area contributed by atoms with Crippen LogP contribution in [0.1, 0.15) is 50.5 Å². The van der Waals surface area contributed by atoms with E-state index in [0.717, 1.165) is 17.5 Å². The minimum absolute atomic E-state index is 0.481. The van der Waals surface area contributed by atoms with Gasteiger partial charge in [-0.2, -0.15) is 0 Å². The highest BCUT2D eigenvalue weighted by atomic mass is 35.5. The first-order valence-electron chi connectivity index (χ1n) is 7.69. The molecule has 1 saturated carbocycles. The van der Waals surface area contributed by atoms with Crippen LogP contribution in [0.25, 0.3) is 0 Å². The summed E-state index contributed by atoms with van der Waals surface area (Å²) in [6.07, 6.45) is 6.88. The molecule has 3 unspecified atom stereocenters. The van der Waals surface area contributed by atoms with Crippen LogP contribution in [0.4, 0.5) is 0 Å². The fraction of sp³-hybridized carbons (Fsp3) is 0.647. The van der Waals surface area contributed by atoms with E-state index in [1.165, 1.54) is 44.2 Å². The Hall–Kier alpha value is -0.530. The van der Waals surface area contributed by atoms with Gasteiger partial charge >= 0.3 is 0 Å². The summed E-state index contributed by atoms with van der Waals surface area (Å²) >= 11 is 6.48. The van der Waals surface area contributed by atoms with Crippen molar-refractivity contribution >= 4 is 11.6 Å². The number of rotatable bonds is 1. The highest BCUT2D eigenvalue weighted by Crippen LogP contribution is 2.54. The van der Waals surface area contributed by atoms with Gasteiger partial charge < -0.3 is 5.32 Å². The van der Waals surface area contributed by atoms with Gasteiger partial charge in [-0.05, 0) is 42.3 Å². The molecule has 2 aliphatic rings. The van der Waals surface area contributed by atoms with Gasteiger partial charge in [0.15, 0.2) is 0 Å². The van der Waals surface area contributed by atoms with E-state index < -0.39 is 0 Å². The van der Waals surface area contributed by atoms with Gasteiger partial charge in [0, 0.05) is 17.5 Å². The topological polar surface area (TPSA) is 12.0 Å². The summed E-state index contributed by atoms with van der Waals surface area (Å²) in [6.45, 7) is 4.73. The average Bonchev–Trinajstić information content (AvgIpc) is 2.44. The highest BCUT2D eigenvalue weighted by molar-refractivity contribution is 6.31. The standard InChI is InChI=1S/C17H24ClN/c1-13-6-4-5-9-17(13)10-11-19-12-15(17)14-7-2-3-8-16(14)18/h2-3,7-8,13,15,19H,4-6,9-12H2,1H3. The second-order valence-electron chi connectivity index (χ2n) is 6.41. The van der Waals surface area contributed by atoms with E-state index in [9.17, 15) is 0 Å². The van der Waals surface area contributed by atoms with E-state index in [1.807, 2.05) is 12.1 Å². The molecule has 1 aliphatic heterocycles. The second kappa shape index (κ2) is 5.46. The number of nitrogens with one attached hydrogen (secondary N) is 1. The molecule has 2 heteroatoms. The fourth-order valence-corrected chi connectivity index (χ4v) is 4.72. The Balaban J connectivity index is 1.99. The molecule has 3 rings (SSSR count). The zero-order valence-electron chi connectivity index (χ0n) is 11.8. The molecule has 1 aliphatic carbocycles. The Bertz CT molecular complexity index is 439. The molecule has 0 bridgehead atoms. The van der Waals surface area contributed by atoms with E-state index in [0.29, 0.717) is 11.3 Å². The van der Waals surface area contributed by atoms with Crippen molar-refractivity contribution in [2.45, 2.75) is 44.9 Å². The Morgan fingerprint density at radius 1 is 1.21 bits per heavy atom. The molecule has 1 nitrogen and oxygen atoms in total. The third kappa shape index (κ3) is 2.32. The van der Waals surface area contributed by atoms with Crippen LogP contribution in [0, 0.1) is 11.3 Å². The lowest BCUT2D eigenvalue weighted by molar-refractivity contribution is 0.0420. The first kappa shape index (κ1) is 13.5. The number of benzene rings is 1. The Morgan fingerprint density at radius 3 is 2.84 bits per heavy atom. The van der Waals surface area contributed by atoms with Crippen LogP contribution in [-0.4, -0.2) is 13.1 Å². The molecular formula is C17H24ClN. The Morgan fingerprint density at radius 2 is 2.05 bits per heavy atom. The molecule has 0 aromatic heterocycles. The highest BCUT2D eigenvalue weighted by Gasteiger charge is 2.46. The molecule has 1 aromatic carbocycles. The lowest BCUT2D eigenvalue weighted by Gasteiger charge is -2.51. The second-order valence-corrected chi connectivity index (χ2v) is 6.82. The third-order valence-corrected chi connectivity index (χ3v) is 5.95. The van der Waals surface area contributed by atoms with E-state index in [2.05, 4.69) is 24.4 Å². The Labute approximate surface area is 121 Å². The van der Waals surface area contributed by atoms with Crippen molar-refractivity contribution in [3.05, 3.63) is 34.9 Å². The largest absolute Gasteiger partial charge is 0.316 e. The average molecular weight is 278 g/mol. The minimum Gasteiger partial charge on any atom is -0.316 e. The van der Waals surface area contributed by atoms with Crippen LogP contribution in [-0.2, 0) is 0 Å². The van der Waals surface area contributed by atoms with Crippen molar-refractivity contribution in [3.63, 3.8) is 0 Å². The summed E-state index contributed by atoms with van der Waals surface area (Å²) in [5, 5.41) is 4.55. The predicted octanol–water partition coefficient (Wildman–Crippen LogP) is 4.61. The number of hydrogen-bond acceptors (Lipinski definition) is 1. The number of hydrogen-bond donors (Lipinski definition) is 1. The van der Waals surface area contributed by atoms with Crippen molar-refractivity contribution in [1.29, 1.82) is 0 Å². The maximum Gasteiger partial charge on any atom is 0.0441 e. The number of halogens is 1. The van der Waals surface area contributed by atoms with E-state index in [4.69, 9.17) is 11.6 Å². The monoisotopic (exact) mass is 277 g/mol. The maximum atomic E-state index is 6.48. The predicted molar refractivity (Wildman–Crippen MR) is 81.7 cm³/mol. The zero-order chi connectivity index (χ0) is 13.3. The lowest BCUT2D eigenvalue weighted by atomic mass is 9.56. The summed E-state index contributed by atoms with van der Waals surface area (Å²) in [7, 11) is 0. The van der Waals surface area contributed by atoms with Gasteiger partial charge in [-0.25, -0.2) is 0 Å². The summed E-state index contributed by atoms with van der Waals surface area (Å²) in [5.41, 5.74) is 1.85. The molecule has 1 N–H and O–H groups in total. The molecule has 0 radical (unpaired) electrons. The molecule has 1 saturated heterocycles. The number of piperidine rings is 1. The van der Waals surface area contributed by atoms with Crippen LogP contribution in [0.2, 0.25) is 5.02 Å². The first-order valence-corrected chi connectivity index (χ1v) is 8.07. The van der Waals surface area contributed by atoms with Gasteiger partial charge in [0.25, 0.3) is 0 Å². The van der Waals surface area contributed by atoms with Crippen LogP contribution in [0.3, 0.4) is 0 Å². The molecule has 0 amide bonds. The van der Waals surface area contributed by atoms with E-state index in [1.54, 1.807) is 0 Å². The van der Waals surface area contributed by atoms with Crippen molar-refractivity contribution in [3.8, 4) is 0 Å². The molecule has 104 valence electrons. The van der Waals surface area contributed by atoms with E-state index in [-0.39, 0.29) is 0 Å². The molecule has 19 heavy (non-hydrogen) atoms. The fourth-order valence-electron chi connectivity index (χ4n) is 4.45. The molecule has 1 heterocycles.